The van der Waals surface area contributed by atoms with Crippen LogP contribution in [-0.2, 0) is 11.0 Å². The average molecular weight is 395 g/mol. The Hall–Kier alpha value is -2.31. The van der Waals surface area contributed by atoms with Crippen molar-refractivity contribution in [1.82, 2.24) is 9.55 Å². The highest BCUT2D eigenvalue weighted by Gasteiger charge is 2.31. The molecule has 2 atom stereocenters. The zero-order valence-electron chi connectivity index (χ0n) is 16.6. The normalized spacial score (nSPS) is 13.9. The number of aromatic nitrogens is 2. The summed E-state index contributed by atoms with van der Waals surface area (Å²) in [4.78, 5) is 17.1. The molecule has 0 aliphatic heterocycles. The molecule has 0 aliphatic rings. The van der Waals surface area contributed by atoms with Crippen LogP contribution < -0.4 is 5.32 Å². The predicted octanol–water partition coefficient (Wildman–Crippen LogP) is 5.71. The highest BCUT2D eigenvalue weighted by atomic mass is 19.4. The van der Waals surface area contributed by atoms with E-state index in [9.17, 15) is 18.0 Å². The van der Waals surface area contributed by atoms with Gasteiger partial charge in [0, 0.05) is 19.7 Å². The molecule has 0 spiro atoms. The minimum Gasteiger partial charge on any atom is -0.372 e. The Morgan fingerprint density at radius 2 is 1.89 bits per heavy atom. The first kappa shape index (κ1) is 22.0. The smallest absolute Gasteiger partial charge is 0.372 e. The number of imidazole rings is 1. The van der Waals surface area contributed by atoms with E-state index in [1.807, 2.05) is 0 Å². The van der Waals surface area contributed by atoms with Gasteiger partial charge in [0.15, 0.2) is 5.78 Å². The van der Waals surface area contributed by atoms with E-state index in [2.05, 4.69) is 24.1 Å². The van der Waals surface area contributed by atoms with Crippen molar-refractivity contribution in [2.75, 3.05) is 12.4 Å². The molecule has 4 nitrogen and oxygen atoms in total. The Bertz CT molecular complexity index is 753. The molecular weight excluding hydrogens is 367 g/mol. The summed E-state index contributed by atoms with van der Waals surface area (Å²) in [6, 6.07) is 4.12. The Labute approximate surface area is 164 Å². The summed E-state index contributed by atoms with van der Waals surface area (Å²) in [5.74, 6) is 1.14. The summed E-state index contributed by atoms with van der Waals surface area (Å²) >= 11 is 0. The molecule has 0 fully saturated rings. The van der Waals surface area contributed by atoms with Crippen LogP contribution >= 0.6 is 0 Å². The molecule has 2 aromatic rings. The number of nitrogens with zero attached hydrogens (tertiary/aromatic N) is 2. The largest absolute Gasteiger partial charge is 0.416 e. The zero-order chi connectivity index (χ0) is 20.7. The maximum absolute atomic E-state index is 13.0. The summed E-state index contributed by atoms with van der Waals surface area (Å²) in [6.07, 6.45) is 3.19. The lowest BCUT2D eigenvalue weighted by atomic mass is 9.94. The maximum atomic E-state index is 13.0. The molecule has 0 bridgehead atoms. The molecule has 2 unspecified atom stereocenters. The molecule has 0 radical (unpaired) electrons. The van der Waals surface area contributed by atoms with E-state index < -0.39 is 17.8 Å². The number of carbonyl (C=O) groups excluding carboxylic acids is 1. The fraction of sp³-hybridized carbons (Fsp3) is 0.524. The van der Waals surface area contributed by atoms with Gasteiger partial charge in [-0.1, -0.05) is 45.2 Å². The number of hydrogen-bond donors (Lipinski definition) is 1. The second-order valence-corrected chi connectivity index (χ2v) is 7.23. The van der Waals surface area contributed by atoms with Crippen molar-refractivity contribution < 1.29 is 18.0 Å². The third-order valence-corrected chi connectivity index (χ3v) is 4.92. The van der Waals surface area contributed by atoms with Gasteiger partial charge in [-0.05, 0) is 30.0 Å². The van der Waals surface area contributed by atoms with Gasteiger partial charge in [-0.3, -0.25) is 4.79 Å². The van der Waals surface area contributed by atoms with Crippen molar-refractivity contribution in [3.05, 3.63) is 47.9 Å². The van der Waals surface area contributed by atoms with Gasteiger partial charge in [-0.2, -0.15) is 13.2 Å². The Morgan fingerprint density at radius 1 is 1.21 bits per heavy atom. The summed E-state index contributed by atoms with van der Waals surface area (Å²) < 4.78 is 40.3. The Morgan fingerprint density at radius 3 is 2.43 bits per heavy atom. The molecular formula is C21H28F3N3O. The molecule has 1 aromatic carbocycles. The van der Waals surface area contributed by atoms with Gasteiger partial charge in [-0.15, -0.1) is 0 Å². The van der Waals surface area contributed by atoms with Gasteiger partial charge in [-0.25, -0.2) is 4.98 Å². The molecule has 1 heterocycles. The number of hydrogen-bond acceptors (Lipinski definition) is 3. The van der Waals surface area contributed by atoms with Crippen molar-refractivity contribution in [3.63, 3.8) is 0 Å². The third kappa shape index (κ3) is 5.84. The molecule has 0 saturated heterocycles. The molecule has 7 heteroatoms. The quantitative estimate of drug-likeness (QED) is 0.561. The number of carbonyl (C=O) groups is 1. The first-order valence-electron chi connectivity index (χ1n) is 9.67. The minimum absolute atomic E-state index is 0.0245. The Kier molecular flexibility index (Phi) is 7.66. The average Bonchev–Trinajstić information content (AvgIpc) is 3.10. The van der Waals surface area contributed by atoms with Crippen molar-refractivity contribution in [2.24, 2.45) is 5.92 Å². The molecule has 154 valence electrons. The van der Waals surface area contributed by atoms with Crippen LogP contribution in [0.5, 0.6) is 0 Å². The van der Waals surface area contributed by atoms with Crippen LogP contribution in [0.1, 0.15) is 63.1 Å². The lowest BCUT2D eigenvalue weighted by Crippen LogP contribution is -2.20. The monoisotopic (exact) mass is 395 g/mol. The number of nitrogens with one attached hydrogen (secondary N) is 1. The van der Waals surface area contributed by atoms with Crippen LogP contribution in [0.4, 0.5) is 19.0 Å². The molecule has 0 saturated carbocycles. The van der Waals surface area contributed by atoms with Crippen LogP contribution in [0.25, 0.3) is 0 Å². The molecule has 0 amide bonds. The third-order valence-electron chi connectivity index (χ3n) is 4.92. The van der Waals surface area contributed by atoms with Crippen LogP contribution in [0.15, 0.2) is 36.8 Å². The van der Waals surface area contributed by atoms with Gasteiger partial charge in [0.25, 0.3) is 0 Å². The highest BCUT2D eigenvalue weighted by Crippen LogP contribution is 2.31. The fourth-order valence-corrected chi connectivity index (χ4v) is 3.38. The first-order valence-corrected chi connectivity index (χ1v) is 9.67. The van der Waals surface area contributed by atoms with Crippen molar-refractivity contribution >= 4 is 11.6 Å². The Balaban J connectivity index is 2.21. The number of halogens is 3. The second kappa shape index (κ2) is 9.75. The van der Waals surface area contributed by atoms with Crippen LogP contribution in [0.2, 0.25) is 0 Å². The fourth-order valence-electron chi connectivity index (χ4n) is 3.38. The van der Waals surface area contributed by atoms with E-state index in [4.69, 9.17) is 0 Å². The number of ketones is 1. The van der Waals surface area contributed by atoms with E-state index in [-0.39, 0.29) is 5.78 Å². The minimum atomic E-state index is -4.40. The molecule has 28 heavy (non-hydrogen) atoms. The van der Waals surface area contributed by atoms with Gasteiger partial charge in [0.1, 0.15) is 11.9 Å². The maximum Gasteiger partial charge on any atom is 0.416 e. The molecule has 2 rings (SSSR count). The highest BCUT2D eigenvalue weighted by molar-refractivity contribution is 5.85. The van der Waals surface area contributed by atoms with Gasteiger partial charge in [0.05, 0.1) is 11.9 Å². The summed E-state index contributed by atoms with van der Waals surface area (Å²) in [7, 11) is 1.72. The van der Waals surface area contributed by atoms with Gasteiger partial charge >= 0.3 is 6.18 Å². The van der Waals surface area contributed by atoms with Crippen LogP contribution in [0, 0.1) is 5.92 Å². The SMILES string of the molecule is CCCC(C)CCCC(=O)C(c1ccc(C(F)(F)F)cc1)n1cnc(NC)c1. The van der Waals surface area contributed by atoms with E-state index in [0.29, 0.717) is 23.7 Å². The van der Waals surface area contributed by atoms with Crippen molar-refractivity contribution in [3.8, 4) is 0 Å². The van der Waals surface area contributed by atoms with E-state index in [1.54, 1.807) is 17.8 Å². The molecule has 1 aromatic heterocycles. The van der Waals surface area contributed by atoms with E-state index >= 15 is 0 Å². The van der Waals surface area contributed by atoms with E-state index in [1.165, 1.54) is 18.5 Å². The second-order valence-electron chi connectivity index (χ2n) is 7.23. The van der Waals surface area contributed by atoms with Crippen LogP contribution in [-0.4, -0.2) is 22.4 Å². The molecule has 0 aliphatic carbocycles. The standard InChI is InChI=1S/C21H28F3N3O/c1-4-6-15(2)7-5-8-18(28)20(27-13-19(25-3)26-14-27)16-9-11-17(12-10-16)21(22,23)24/h9-15,20,25H,4-8H2,1-3H3. The summed E-state index contributed by atoms with van der Waals surface area (Å²) in [5.41, 5.74) is -0.197. The van der Waals surface area contributed by atoms with Crippen molar-refractivity contribution in [2.45, 2.75) is 58.2 Å². The number of Topliss-reactive ketones (excluding diaryl/α,β-unsaturated/α-hetero) is 1. The molecule has 1 N–H and O–H groups in total. The number of benzene rings is 1. The first-order chi connectivity index (χ1) is 13.3. The summed E-state index contributed by atoms with van der Waals surface area (Å²) in [5, 5.41) is 2.90. The lowest BCUT2D eigenvalue weighted by molar-refractivity contribution is -0.137. The number of anilines is 1. The zero-order valence-corrected chi connectivity index (χ0v) is 16.6. The topological polar surface area (TPSA) is 46.9 Å². The number of alkyl halides is 3. The number of rotatable bonds is 10. The lowest BCUT2D eigenvalue weighted by Gasteiger charge is -2.19. The van der Waals surface area contributed by atoms with Gasteiger partial charge < -0.3 is 9.88 Å². The van der Waals surface area contributed by atoms with Crippen molar-refractivity contribution in [1.29, 1.82) is 0 Å². The van der Waals surface area contributed by atoms with Gasteiger partial charge in [0.2, 0.25) is 0 Å². The summed E-state index contributed by atoms with van der Waals surface area (Å²) in [6.45, 7) is 4.32. The van der Waals surface area contributed by atoms with Crippen LogP contribution in [0.3, 0.4) is 0 Å². The predicted molar refractivity (Wildman–Crippen MR) is 104 cm³/mol. The van der Waals surface area contributed by atoms with E-state index in [0.717, 1.165) is 37.8 Å².